The summed E-state index contributed by atoms with van der Waals surface area (Å²) in [4.78, 5) is 12.7. The molecule has 4 bridgehead atoms. The number of benzene rings is 1. The van der Waals surface area contributed by atoms with Gasteiger partial charge in [0.2, 0.25) is 0 Å². The molecular formula is C25H28ClN5O. The number of aromatic nitrogens is 3. The lowest BCUT2D eigenvalue weighted by atomic mass is 9.48. The molecule has 1 aromatic carbocycles. The van der Waals surface area contributed by atoms with E-state index in [0.29, 0.717) is 21.9 Å². The van der Waals surface area contributed by atoms with Crippen LogP contribution in [-0.4, -0.2) is 20.6 Å². The lowest BCUT2D eigenvalue weighted by molar-refractivity contribution is -0.00517. The van der Waals surface area contributed by atoms with Gasteiger partial charge in [-0.3, -0.25) is 4.40 Å². The Kier molecular flexibility index (Phi) is 4.68. The van der Waals surface area contributed by atoms with Crippen molar-refractivity contribution in [1.82, 2.24) is 19.9 Å². The first kappa shape index (κ1) is 20.0. The number of nitrogens with one attached hydrogen (secondary N) is 2. The van der Waals surface area contributed by atoms with Crippen LogP contribution in [0.2, 0.25) is 5.02 Å². The lowest BCUT2D eigenvalue weighted by Gasteiger charge is -2.57. The van der Waals surface area contributed by atoms with E-state index in [1.54, 1.807) is 0 Å². The minimum absolute atomic E-state index is 0.294. The smallest absolute Gasteiger partial charge is 0.319 e. The van der Waals surface area contributed by atoms with Gasteiger partial charge in [-0.2, -0.15) is 0 Å². The van der Waals surface area contributed by atoms with E-state index >= 15 is 0 Å². The number of nitrogens with zero attached hydrogens (tertiary/aromatic N) is 3. The summed E-state index contributed by atoms with van der Waals surface area (Å²) in [5.74, 6) is 3.34. The molecule has 2 N–H and O–H groups in total. The molecule has 4 aliphatic rings. The summed E-state index contributed by atoms with van der Waals surface area (Å²) in [5, 5.41) is 14.8. The van der Waals surface area contributed by atoms with Crippen LogP contribution in [0.15, 0.2) is 42.6 Å². The molecule has 7 heteroatoms. The summed E-state index contributed by atoms with van der Waals surface area (Å²) in [7, 11) is 0. The number of halogens is 1. The molecule has 3 aromatic rings. The van der Waals surface area contributed by atoms with Crippen LogP contribution in [0, 0.1) is 17.8 Å². The molecule has 1 atom stereocenters. The SMILES string of the molecule is CC(NC(=O)Nc1ccc(C23CC4CC(CC(C4)C2)C3)cc1Cl)c1nnc2ccccn12. The Morgan fingerprint density at radius 1 is 1.09 bits per heavy atom. The van der Waals surface area contributed by atoms with Crippen molar-refractivity contribution in [1.29, 1.82) is 0 Å². The van der Waals surface area contributed by atoms with Crippen molar-refractivity contribution in [3.63, 3.8) is 0 Å². The molecule has 1 unspecified atom stereocenters. The van der Waals surface area contributed by atoms with Crippen LogP contribution in [0.3, 0.4) is 0 Å². The first-order chi connectivity index (χ1) is 15.5. The summed E-state index contributed by atoms with van der Waals surface area (Å²) in [6.07, 6.45) is 10.1. The first-order valence-electron chi connectivity index (χ1n) is 11.7. The average Bonchev–Trinajstić information content (AvgIpc) is 3.18. The van der Waals surface area contributed by atoms with Crippen molar-refractivity contribution < 1.29 is 4.79 Å². The second-order valence-corrected chi connectivity index (χ2v) is 10.6. The highest BCUT2D eigenvalue weighted by molar-refractivity contribution is 6.33. The molecule has 2 heterocycles. The highest BCUT2D eigenvalue weighted by Crippen LogP contribution is 2.61. The molecule has 0 aliphatic heterocycles. The number of pyridine rings is 1. The third-order valence-corrected chi connectivity index (χ3v) is 8.26. The van der Waals surface area contributed by atoms with E-state index in [2.05, 4.69) is 33.0 Å². The van der Waals surface area contributed by atoms with E-state index in [9.17, 15) is 4.79 Å². The Morgan fingerprint density at radius 3 is 2.50 bits per heavy atom. The zero-order chi connectivity index (χ0) is 21.9. The number of amides is 2. The van der Waals surface area contributed by atoms with E-state index < -0.39 is 0 Å². The number of urea groups is 1. The van der Waals surface area contributed by atoms with E-state index in [1.807, 2.05) is 41.8 Å². The van der Waals surface area contributed by atoms with Gasteiger partial charge < -0.3 is 10.6 Å². The molecule has 4 aliphatic carbocycles. The molecule has 2 amide bonds. The molecule has 0 radical (unpaired) electrons. The molecule has 0 spiro atoms. The molecule has 6 nitrogen and oxygen atoms in total. The number of carbonyl (C=O) groups excluding carboxylic acids is 1. The predicted octanol–water partition coefficient (Wildman–Crippen LogP) is 5.73. The van der Waals surface area contributed by atoms with Gasteiger partial charge in [-0.1, -0.05) is 23.7 Å². The summed E-state index contributed by atoms with van der Waals surface area (Å²) in [5.41, 5.74) is 3.04. The summed E-state index contributed by atoms with van der Waals surface area (Å²) in [6.45, 7) is 1.89. The van der Waals surface area contributed by atoms with Crippen LogP contribution in [0.1, 0.15) is 62.9 Å². The summed E-state index contributed by atoms with van der Waals surface area (Å²) < 4.78 is 1.87. The Morgan fingerprint density at radius 2 is 1.81 bits per heavy atom. The fourth-order valence-corrected chi connectivity index (χ4v) is 7.21. The van der Waals surface area contributed by atoms with Gasteiger partial charge in [0, 0.05) is 6.20 Å². The molecular weight excluding hydrogens is 422 g/mol. The fourth-order valence-electron chi connectivity index (χ4n) is 6.99. The standard InChI is InChI=1S/C25H28ClN5O/c1-15(23-30-29-22-4-2-3-7-31(22)23)27-24(32)28-21-6-5-19(11-20(21)26)25-12-16-8-17(13-25)10-18(9-16)14-25/h2-7,11,15-18H,8-10,12-14H2,1H3,(H2,27,28,32). The van der Waals surface area contributed by atoms with Gasteiger partial charge in [-0.25, -0.2) is 4.79 Å². The van der Waals surface area contributed by atoms with Crippen LogP contribution < -0.4 is 10.6 Å². The van der Waals surface area contributed by atoms with E-state index in [1.165, 1.54) is 44.1 Å². The van der Waals surface area contributed by atoms with Crippen molar-refractivity contribution in [3.8, 4) is 0 Å². The van der Waals surface area contributed by atoms with Gasteiger partial charge in [-0.15, -0.1) is 10.2 Å². The highest BCUT2D eigenvalue weighted by Gasteiger charge is 2.51. The Labute approximate surface area is 192 Å². The number of anilines is 1. The van der Waals surface area contributed by atoms with Gasteiger partial charge >= 0.3 is 6.03 Å². The predicted molar refractivity (Wildman–Crippen MR) is 125 cm³/mol. The van der Waals surface area contributed by atoms with Crippen LogP contribution in [-0.2, 0) is 5.41 Å². The van der Waals surface area contributed by atoms with E-state index in [-0.39, 0.29) is 12.1 Å². The van der Waals surface area contributed by atoms with Crippen molar-refractivity contribution in [2.24, 2.45) is 17.8 Å². The largest absolute Gasteiger partial charge is 0.328 e. The zero-order valence-corrected chi connectivity index (χ0v) is 19.0. The van der Waals surface area contributed by atoms with Crippen LogP contribution >= 0.6 is 11.6 Å². The van der Waals surface area contributed by atoms with Gasteiger partial charge in [0.05, 0.1) is 16.8 Å². The Balaban J connectivity index is 1.16. The minimum Gasteiger partial charge on any atom is -0.328 e. The average molecular weight is 450 g/mol. The topological polar surface area (TPSA) is 71.3 Å². The van der Waals surface area contributed by atoms with Crippen molar-refractivity contribution >= 4 is 29.0 Å². The van der Waals surface area contributed by atoms with Gasteiger partial charge in [0.1, 0.15) is 0 Å². The third-order valence-electron chi connectivity index (χ3n) is 7.94. The van der Waals surface area contributed by atoms with Gasteiger partial charge in [0.25, 0.3) is 0 Å². The van der Waals surface area contributed by atoms with Crippen LogP contribution in [0.4, 0.5) is 10.5 Å². The normalized spacial score (nSPS) is 29.2. The third kappa shape index (κ3) is 3.36. The quantitative estimate of drug-likeness (QED) is 0.534. The molecule has 2 aromatic heterocycles. The summed E-state index contributed by atoms with van der Waals surface area (Å²) >= 11 is 6.66. The maximum absolute atomic E-state index is 12.7. The molecule has 32 heavy (non-hydrogen) atoms. The first-order valence-corrected chi connectivity index (χ1v) is 12.0. The van der Waals surface area contributed by atoms with Gasteiger partial charge in [-0.05, 0) is 98.4 Å². The van der Waals surface area contributed by atoms with Crippen LogP contribution in [0.25, 0.3) is 5.65 Å². The van der Waals surface area contributed by atoms with E-state index in [4.69, 9.17) is 11.6 Å². The van der Waals surface area contributed by atoms with Gasteiger partial charge in [0.15, 0.2) is 11.5 Å². The van der Waals surface area contributed by atoms with Crippen molar-refractivity contribution in [2.45, 2.75) is 56.9 Å². The van der Waals surface area contributed by atoms with Crippen molar-refractivity contribution in [3.05, 3.63) is 59.0 Å². The maximum Gasteiger partial charge on any atom is 0.319 e. The highest BCUT2D eigenvalue weighted by atomic mass is 35.5. The monoisotopic (exact) mass is 449 g/mol. The number of hydrogen-bond acceptors (Lipinski definition) is 3. The summed E-state index contributed by atoms with van der Waals surface area (Å²) in [6, 6.07) is 11.3. The van der Waals surface area contributed by atoms with Crippen LogP contribution in [0.5, 0.6) is 0 Å². The minimum atomic E-state index is -0.311. The molecule has 7 rings (SSSR count). The molecule has 0 saturated heterocycles. The lowest BCUT2D eigenvalue weighted by Crippen LogP contribution is -2.48. The number of hydrogen-bond donors (Lipinski definition) is 2. The zero-order valence-electron chi connectivity index (χ0n) is 18.2. The second kappa shape index (κ2) is 7.48. The molecule has 166 valence electrons. The second-order valence-electron chi connectivity index (χ2n) is 10.2. The number of rotatable bonds is 4. The number of carbonyl (C=O) groups is 1. The molecule has 4 fully saturated rings. The molecule has 4 saturated carbocycles. The van der Waals surface area contributed by atoms with Crippen molar-refractivity contribution in [2.75, 3.05) is 5.32 Å². The van der Waals surface area contributed by atoms with E-state index in [0.717, 1.165) is 23.4 Å². The Bertz CT molecular complexity index is 1150. The fraction of sp³-hybridized carbons (Fsp3) is 0.480. The number of fused-ring (bicyclic) bond motifs is 1. The maximum atomic E-state index is 12.7. The Hall–Kier alpha value is -2.60.